The van der Waals surface area contributed by atoms with Crippen molar-refractivity contribution in [1.82, 2.24) is 4.90 Å². The van der Waals surface area contributed by atoms with Crippen molar-refractivity contribution in [2.45, 2.75) is 20.3 Å². The SMILES string of the molecule is COc1cccc(N2CCN(C(=O)CCOc3cc(C)ccc3C)CC2)c1. The van der Waals surface area contributed by atoms with Gasteiger partial charge in [0.15, 0.2) is 0 Å². The van der Waals surface area contributed by atoms with Crippen molar-refractivity contribution in [3.05, 3.63) is 53.6 Å². The Hall–Kier alpha value is -2.69. The Bertz CT molecular complexity index is 783. The normalized spacial score (nSPS) is 14.2. The first-order valence-electron chi connectivity index (χ1n) is 9.43. The molecule has 1 aliphatic rings. The molecule has 0 N–H and O–H groups in total. The lowest BCUT2D eigenvalue weighted by Crippen LogP contribution is -2.49. The third-order valence-corrected chi connectivity index (χ3v) is 4.97. The molecule has 0 saturated carbocycles. The van der Waals surface area contributed by atoms with Crippen molar-refractivity contribution in [2.75, 3.05) is 44.8 Å². The van der Waals surface area contributed by atoms with Gasteiger partial charge in [0.2, 0.25) is 5.91 Å². The number of benzene rings is 2. The molecule has 0 aliphatic carbocycles. The van der Waals surface area contributed by atoms with E-state index in [1.165, 1.54) is 0 Å². The maximum absolute atomic E-state index is 12.5. The monoisotopic (exact) mass is 368 g/mol. The van der Waals surface area contributed by atoms with Gasteiger partial charge in [0.05, 0.1) is 20.1 Å². The maximum atomic E-state index is 12.5. The molecule has 3 rings (SSSR count). The maximum Gasteiger partial charge on any atom is 0.226 e. The van der Waals surface area contributed by atoms with Crippen LogP contribution < -0.4 is 14.4 Å². The minimum absolute atomic E-state index is 0.158. The molecule has 5 nitrogen and oxygen atoms in total. The largest absolute Gasteiger partial charge is 0.497 e. The number of methoxy groups -OCH3 is 1. The molecule has 0 spiro atoms. The second-order valence-electron chi connectivity index (χ2n) is 6.94. The van der Waals surface area contributed by atoms with Crippen LogP contribution in [0.25, 0.3) is 0 Å². The van der Waals surface area contributed by atoms with Crippen molar-refractivity contribution in [3.63, 3.8) is 0 Å². The predicted octanol–water partition coefficient (Wildman–Crippen LogP) is 3.43. The van der Waals surface area contributed by atoms with Crippen LogP contribution in [0, 0.1) is 13.8 Å². The van der Waals surface area contributed by atoms with Crippen LogP contribution in [-0.4, -0.2) is 50.7 Å². The van der Waals surface area contributed by atoms with Gasteiger partial charge in [0.25, 0.3) is 0 Å². The summed E-state index contributed by atoms with van der Waals surface area (Å²) in [4.78, 5) is 16.7. The average Bonchev–Trinajstić information content (AvgIpc) is 2.70. The number of ether oxygens (including phenoxy) is 2. The summed E-state index contributed by atoms with van der Waals surface area (Å²) >= 11 is 0. The van der Waals surface area contributed by atoms with Gasteiger partial charge >= 0.3 is 0 Å². The molecule has 1 aliphatic heterocycles. The topological polar surface area (TPSA) is 42.0 Å². The van der Waals surface area contributed by atoms with Crippen LogP contribution in [0.2, 0.25) is 0 Å². The lowest BCUT2D eigenvalue weighted by molar-refractivity contribution is -0.132. The van der Waals surface area contributed by atoms with E-state index in [9.17, 15) is 4.79 Å². The Balaban J connectivity index is 1.46. The van der Waals surface area contributed by atoms with E-state index in [0.29, 0.717) is 13.0 Å². The van der Waals surface area contributed by atoms with Gasteiger partial charge in [-0.1, -0.05) is 18.2 Å². The Labute approximate surface area is 161 Å². The molecule has 1 fully saturated rings. The highest BCUT2D eigenvalue weighted by atomic mass is 16.5. The molecular formula is C22H28N2O3. The highest BCUT2D eigenvalue weighted by Gasteiger charge is 2.21. The van der Waals surface area contributed by atoms with E-state index < -0.39 is 0 Å². The summed E-state index contributed by atoms with van der Waals surface area (Å²) in [7, 11) is 1.68. The van der Waals surface area contributed by atoms with E-state index in [-0.39, 0.29) is 5.91 Å². The van der Waals surface area contributed by atoms with Crippen molar-refractivity contribution in [3.8, 4) is 11.5 Å². The van der Waals surface area contributed by atoms with Gasteiger partial charge < -0.3 is 19.3 Å². The standard InChI is InChI=1S/C22H28N2O3/c1-17-7-8-18(2)21(15-17)27-14-9-22(25)24-12-10-23(11-13-24)19-5-4-6-20(16-19)26-3/h4-8,15-16H,9-14H2,1-3H3. The lowest BCUT2D eigenvalue weighted by atomic mass is 10.1. The molecule has 0 bridgehead atoms. The second-order valence-corrected chi connectivity index (χ2v) is 6.94. The molecule has 0 aromatic heterocycles. The zero-order chi connectivity index (χ0) is 19.2. The molecule has 2 aromatic carbocycles. The summed E-state index contributed by atoms with van der Waals surface area (Å²) in [5, 5.41) is 0. The van der Waals surface area contributed by atoms with Crippen molar-refractivity contribution < 1.29 is 14.3 Å². The number of hydrogen-bond acceptors (Lipinski definition) is 4. The zero-order valence-corrected chi connectivity index (χ0v) is 16.4. The molecule has 27 heavy (non-hydrogen) atoms. The third kappa shape index (κ3) is 4.94. The van der Waals surface area contributed by atoms with E-state index in [1.54, 1.807) is 7.11 Å². The summed E-state index contributed by atoms with van der Waals surface area (Å²) in [5.41, 5.74) is 3.40. The summed E-state index contributed by atoms with van der Waals surface area (Å²) in [6.45, 7) is 7.61. The number of amides is 1. The van der Waals surface area contributed by atoms with E-state index in [2.05, 4.69) is 17.0 Å². The van der Waals surface area contributed by atoms with Crippen LogP contribution in [0.5, 0.6) is 11.5 Å². The first-order chi connectivity index (χ1) is 13.1. The fraction of sp³-hybridized carbons (Fsp3) is 0.409. The van der Waals surface area contributed by atoms with E-state index >= 15 is 0 Å². The summed E-state index contributed by atoms with van der Waals surface area (Å²) < 4.78 is 11.1. The summed E-state index contributed by atoms with van der Waals surface area (Å²) in [6, 6.07) is 14.2. The van der Waals surface area contributed by atoms with Gasteiger partial charge in [-0.3, -0.25) is 4.79 Å². The molecule has 1 amide bonds. The third-order valence-electron chi connectivity index (χ3n) is 4.97. The average molecular weight is 368 g/mol. The minimum Gasteiger partial charge on any atom is -0.497 e. The van der Waals surface area contributed by atoms with Crippen molar-refractivity contribution in [1.29, 1.82) is 0 Å². The van der Waals surface area contributed by atoms with Crippen LogP contribution in [0.15, 0.2) is 42.5 Å². The Morgan fingerprint density at radius 1 is 1.04 bits per heavy atom. The molecule has 1 saturated heterocycles. The molecule has 0 radical (unpaired) electrons. The molecule has 2 aromatic rings. The number of nitrogens with zero attached hydrogens (tertiary/aromatic N) is 2. The predicted molar refractivity (Wildman–Crippen MR) is 108 cm³/mol. The highest BCUT2D eigenvalue weighted by molar-refractivity contribution is 5.76. The number of aryl methyl sites for hydroxylation is 2. The van der Waals surface area contributed by atoms with Crippen molar-refractivity contribution >= 4 is 11.6 Å². The molecule has 0 unspecified atom stereocenters. The van der Waals surface area contributed by atoms with Gasteiger partial charge in [0.1, 0.15) is 11.5 Å². The van der Waals surface area contributed by atoms with E-state index in [0.717, 1.165) is 54.5 Å². The van der Waals surface area contributed by atoms with Gasteiger partial charge in [0, 0.05) is 37.9 Å². The molecule has 0 atom stereocenters. The smallest absolute Gasteiger partial charge is 0.226 e. The van der Waals surface area contributed by atoms with Gasteiger partial charge in [-0.2, -0.15) is 0 Å². The van der Waals surface area contributed by atoms with Crippen LogP contribution in [0.3, 0.4) is 0 Å². The van der Waals surface area contributed by atoms with Gasteiger partial charge in [-0.15, -0.1) is 0 Å². The number of hydrogen-bond donors (Lipinski definition) is 0. The minimum atomic E-state index is 0.158. The van der Waals surface area contributed by atoms with E-state index in [1.807, 2.05) is 49.1 Å². The first kappa shape index (κ1) is 19.1. The van der Waals surface area contributed by atoms with Crippen molar-refractivity contribution in [2.24, 2.45) is 0 Å². The first-order valence-corrected chi connectivity index (χ1v) is 9.43. The number of anilines is 1. The molecule has 5 heteroatoms. The molecule has 1 heterocycles. The van der Waals surface area contributed by atoms with Crippen LogP contribution in [0.4, 0.5) is 5.69 Å². The highest BCUT2D eigenvalue weighted by Crippen LogP contribution is 2.22. The number of carbonyl (C=O) groups excluding carboxylic acids is 1. The fourth-order valence-electron chi connectivity index (χ4n) is 3.29. The fourth-order valence-corrected chi connectivity index (χ4v) is 3.29. The lowest BCUT2D eigenvalue weighted by Gasteiger charge is -2.36. The summed E-state index contributed by atoms with van der Waals surface area (Å²) in [5.74, 6) is 1.88. The van der Waals surface area contributed by atoms with Crippen LogP contribution in [-0.2, 0) is 4.79 Å². The number of piperazine rings is 1. The second kappa shape index (κ2) is 8.80. The summed E-state index contributed by atoms with van der Waals surface area (Å²) in [6.07, 6.45) is 0.409. The van der Waals surface area contributed by atoms with Crippen LogP contribution >= 0.6 is 0 Å². The van der Waals surface area contributed by atoms with Gasteiger partial charge in [-0.05, 0) is 43.2 Å². The number of rotatable bonds is 6. The Kier molecular flexibility index (Phi) is 6.22. The molecule has 144 valence electrons. The quantitative estimate of drug-likeness (QED) is 0.783. The van der Waals surface area contributed by atoms with Crippen LogP contribution in [0.1, 0.15) is 17.5 Å². The Morgan fingerprint density at radius 3 is 2.56 bits per heavy atom. The Morgan fingerprint density at radius 2 is 1.81 bits per heavy atom. The molecular weight excluding hydrogens is 340 g/mol. The zero-order valence-electron chi connectivity index (χ0n) is 16.4. The number of carbonyl (C=O) groups is 1. The van der Waals surface area contributed by atoms with Gasteiger partial charge in [-0.25, -0.2) is 0 Å². The van der Waals surface area contributed by atoms with E-state index in [4.69, 9.17) is 9.47 Å².